The Hall–Kier alpha value is -3.33. The molecule has 0 fully saturated rings. The minimum Gasteiger partial charge on any atom is -0.496 e. The molecule has 1 aliphatic heterocycles. The third-order valence-electron chi connectivity index (χ3n) is 5.63. The number of imidazole rings is 1. The van der Waals surface area contributed by atoms with Gasteiger partial charge in [0, 0.05) is 38.5 Å². The number of aromatic nitrogens is 5. The second kappa shape index (κ2) is 6.60. The molecule has 3 aromatic heterocycles. The van der Waals surface area contributed by atoms with Gasteiger partial charge < -0.3 is 14.4 Å². The molecule has 1 aromatic carbocycles. The van der Waals surface area contributed by atoms with Gasteiger partial charge in [-0.15, -0.1) is 0 Å². The monoisotopic (exact) mass is 408 g/mol. The zero-order valence-corrected chi connectivity index (χ0v) is 17.7. The average Bonchev–Trinajstić information content (AvgIpc) is 3.17. The molecule has 0 saturated carbocycles. The lowest BCUT2D eigenvalue weighted by atomic mass is 10.0. The van der Waals surface area contributed by atoms with Gasteiger partial charge in [-0.2, -0.15) is 5.10 Å². The summed E-state index contributed by atoms with van der Waals surface area (Å²) in [5.74, 6) is 1.34. The third-order valence-corrected chi connectivity index (χ3v) is 5.63. The van der Waals surface area contributed by atoms with Crippen LogP contribution in [0.25, 0.3) is 33.1 Å². The number of benzene rings is 1. The summed E-state index contributed by atoms with van der Waals surface area (Å²) in [4.78, 5) is 19.7. The average molecular weight is 408 g/mol. The Labute approximate surface area is 173 Å². The maximum atomic E-state index is 13.0. The van der Waals surface area contributed by atoms with E-state index in [1.807, 2.05) is 38.0 Å². The summed E-state index contributed by atoms with van der Waals surface area (Å²) in [6, 6.07) is 1.90. The number of methoxy groups -OCH3 is 1. The number of likely N-dealkylation sites (N-methyl/N-ethyl adjacent to an activating group) is 1. The van der Waals surface area contributed by atoms with Crippen LogP contribution >= 0.6 is 0 Å². The van der Waals surface area contributed by atoms with Crippen molar-refractivity contribution in [2.45, 2.75) is 12.6 Å². The Morgan fingerprint density at radius 1 is 1.30 bits per heavy atom. The van der Waals surface area contributed by atoms with Crippen LogP contribution in [-0.2, 0) is 20.6 Å². The molecule has 0 spiro atoms. The summed E-state index contributed by atoms with van der Waals surface area (Å²) in [5, 5.41) is 5.16. The molecule has 0 bridgehead atoms. The van der Waals surface area contributed by atoms with Crippen molar-refractivity contribution < 1.29 is 9.47 Å². The Morgan fingerprint density at radius 3 is 2.77 bits per heavy atom. The molecule has 1 atom stereocenters. The van der Waals surface area contributed by atoms with Crippen LogP contribution in [-0.4, -0.2) is 62.7 Å². The van der Waals surface area contributed by atoms with Crippen LogP contribution in [0.1, 0.15) is 0 Å². The van der Waals surface area contributed by atoms with Gasteiger partial charge in [-0.25, -0.2) is 4.79 Å². The van der Waals surface area contributed by atoms with Crippen LogP contribution in [0, 0.1) is 0 Å². The lowest BCUT2D eigenvalue weighted by molar-refractivity contribution is 0.147. The molecule has 0 saturated heterocycles. The van der Waals surface area contributed by atoms with Crippen LogP contribution in [0.4, 0.5) is 0 Å². The van der Waals surface area contributed by atoms with Gasteiger partial charge >= 0.3 is 5.69 Å². The standard InChI is InChI=1S/C21H24N6O3/c1-24(2)10-13-11-27-19-15(26(4)21(27)28)8-22-14-6-16(29-5)17(20(30-13)18(14)19)12-7-23-25(3)9-12/h6-9,13H,10-11H2,1-5H3/t13-/m0/s1. The smallest absolute Gasteiger partial charge is 0.329 e. The number of hydrogen-bond acceptors (Lipinski definition) is 6. The first kappa shape index (κ1) is 18.7. The second-order valence-electron chi connectivity index (χ2n) is 8.03. The highest BCUT2D eigenvalue weighted by molar-refractivity contribution is 6.10. The Bertz CT molecular complexity index is 1350. The van der Waals surface area contributed by atoms with E-state index in [2.05, 4.69) is 15.0 Å². The van der Waals surface area contributed by atoms with Crippen molar-refractivity contribution in [3.05, 3.63) is 35.1 Å². The van der Waals surface area contributed by atoms with Gasteiger partial charge in [-0.1, -0.05) is 0 Å². The van der Waals surface area contributed by atoms with Gasteiger partial charge in [-0.05, 0) is 14.1 Å². The molecule has 0 N–H and O–H groups in total. The van der Waals surface area contributed by atoms with Crippen molar-refractivity contribution in [1.29, 1.82) is 0 Å². The first-order valence-electron chi connectivity index (χ1n) is 9.78. The second-order valence-corrected chi connectivity index (χ2v) is 8.03. The van der Waals surface area contributed by atoms with Crippen molar-refractivity contribution >= 4 is 21.9 Å². The summed E-state index contributed by atoms with van der Waals surface area (Å²) in [6.07, 6.45) is 5.25. The van der Waals surface area contributed by atoms with Gasteiger partial charge in [0.2, 0.25) is 0 Å². The van der Waals surface area contributed by atoms with E-state index in [0.29, 0.717) is 24.6 Å². The van der Waals surface area contributed by atoms with Crippen molar-refractivity contribution in [1.82, 2.24) is 28.8 Å². The number of pyridine rings is 1. The van der Waals surface area contributed by atoms with Crippen molar-refractivity contribution in [3.63, 3.8) is 0 Å². The molecule has 9 nitrogen and oxygen atoms in total. The first-order valence-corrected chi connectivity index (χ1v) is 9.78. The van der Waals surface area contributed by atoms with Crippen LogP contribution < -0.4 is 15.2 Å². The first-order chi connectivity index (χ1) is 14.4. The number of ether oxygens (including phenoxy) is 2. The minimum absolute atomic E-state index is 0.0711. The Balaban J connectivity index is 1.94. The Kier molecular flexibility index (Phi) is 4.11. The van der Waals surface area contributed by atoms with Crippen LogP contribution in [0.5, 0.6) is 11.5 Å². The van der Waals surface area contributed by atoms with Crippen LogP contribution in [0.3, 0.4) is 0 Å². The maximum absolute atomic E-state index is 13.0. The molecule has 0 amide bonds. The van der Waals surface area contributed by atoms with E-state index < -0.39 is 0 Å². The van der Waals surface area contributed by atoms with E-state index in [0.717, 1.165) is 33.1 Å². The van der Waals surface area contributed by atoms with Crippen molar-refractivity contribution in [2.24, 2.45) is 14.1 Å². The summed E-state index contributed by atoms with van der Waals surface area (Å²) in [5.41, 5.74) is 3.99. The van der Waals surface area contributed by atoms with E-state index >= 15 is 0 Å². The fourth-order valence-electron chi connectivity index (χ4n) is 4.35. The van der Waals surface area contributed by atoms with E-state index in [1.54, 1.807) is 35.8 Å². The van der Waals surface area contributed by atoms with Gasteiger partial charge in [-0.3, -0.25) is 18.8 Å². The van der Waals surface area contributed by atoms with Crippen molar-refractivity contribution in [3.8, 4) is 22.6 Å². The fourth-order valence-corrected chi connectivity index (χ4v) is 4.35. The normalized spacial score (nSPS) is 15.9. The Morgan fingerprint density at radius 2 is 2.10 bits per heavy atom. The SMILES string of the molecule is COc1cc2ncc3c4c2c(c1-c1cnn(C)c1)O[C@@H](CN(C)C)Cn4c(=O)n3C. The van der Waals surface area contributed by atoms with Gasteiger partial charge in [0.15, 0.2) is 0 Å². The van der Waals surface area contributed by atoms with Gasteiger partial charge in [0.05, 0.1) is 53.5 Å². The molecule has 0 aliphatic carbocycles. The van der Waals surface area contributed by atoms with E-state index in [-0.39, 0.29) is 11.8 Å². The molecule has 1 aliphatic rings. The fraction of sp³-hybridized carbons (Fsp3) is 0.381. The quantitative estimate of drug-likeness (QED) is 0.511. The minimum atomic E-state index is -0.221. The number of rotatable bonds is 4. The maximum Gasteiger partial charge on any atom is 0.329 e. The summed E-state index contributed by atoms with van der Waals surface area (Å²) >= 11 is 0. The molecule has 0 radical (unpaired) electrons. The molecule has 30 heavy (non-hydrogen) atoms. The highest BCUT2D eigenvalue weighted by Crippen LogP contribution is 2.46. The number of aryl methyl sites for hydroxylation is 2. The molecule has 5 rings (SSSR count). The number of nitrogens with zero attached hydrogens (tertiary/aromatic N) is 6. The lowest BCUT2D eigenvalue weighted by Gasteiger charge is -2.23. The highest BCUT2D eigenvalue weighted by Gasteiger charge is 2.30. The van der Waals surface area contributed by atoms with Crippen LogP contribution in [0.15, 0.2) is 29.5 Å². The molecule has 9 heteroatoms. The van der Waals surface area contributed by atoms with Crippen LogP contribution in [0.2, 0.25) is 0 Å². The number of hydrogen-bond donors (Lipinski definition) is 0. The van der Waals surface area contributed by atoms with E-state index in [9.17, 15) is 4.79 Å². The molecular formula is C21H24N6O3. The largest absolute Gasteiger partial charge is 0.496 e. The van der Waals surface area contributed by atoms with Gasteiger partial charge in [0.1, 0.15) is 17.6 Å². The molecule has 4 aromatic rings. The molecule has 4 heterocycles. The zero-order valence-electron chi connectivity index (χ0n) is 17.7. The van der Waals surface area contributed by atoms with Gasteiger partial charge in [0.25, 0.3) is 0 Å². The third kappa shape index (κ3) is 2.62. The highest BCUT2D eigenvalue weighted by atomic mass is 16.5. The van der Waals surface area contributed by atoms with E-state index in [1.165, 1.54) is 0 Å². The molecule has 156 valence electrons. The predicted octanol–water partition coefficient (Wildman–Crippen LogP) is 1.62. The predicted molar refractivity (Wildman–Crippen MR) is 114 cm³/mol. The van der Waals surface area contributed by atoms with E-state index in [4.69, 9.17) is 9.47 Å². The summed E-state index contributed by atoms with van der Waals surface area (Å²) in [6.45, 7) is 1.12. The zero-order chi connectivity index (χ0) is 21.2. The lowest BCUT2D eigenvalue weighted by Crippen LogP contribution is -2.36. The molecular weight excluding hydrogens is 384 g/mol. The van der Waals surface area contributed by atoms with Crippen molar-refractivity contribution in [2.75, 3.05) is 27.7 Å². The molecule has 0 unspecified atom stereocenters. The topological polar surface area (TPSA) is 79.3 Å². The summed E-state index contributed by atoms with van der Waals surface area (Å²) < 4.78 is 17.6. The summed E-state index contributed by atoms with van der Waals surface area (Å²) in [7, 11) is 9.28.